The molecule has 1 aliphatic carbocycles. The number of anilines is 1. The molecule has 4 heterocycles. The van der Waals surface area contributed by atoms with E-state index in [4.69, 9.17) is 9.47 Å². The van der Waals surface area contributed by atoms with E-state index in [9.17, 15) is 26.7 Å². The first-order chi connectivity index (χ1) is 20.1. The number of carbonyl (C=O) groups is 1. The molecule has 3 fully saturated rings. The number of pyridine rings is 1. The number of aromatic amines is 1. The number of carbonyl (C=O) groups excluding carboxylic acids is 1. The summed E-state index contributed by atoms with van der Waals surface area (Å²) in [6, 6.07) is 7.47. The predicted octanol–water partition coefficient (Wildman–Crippen LogP) is 7.08. The molecule has 0 spiro atoms. The third kappa shape index (κ3) is 5.56. The maximum atomic E-state index is 13.8. The summed E-state index contributed by atoms with van der Waals surface area (Å²) in [5.74, 6) is -0.458. The maximum absolute atomic E-state index is 13.8. The molecule has 2 unspecified atom stereocenters. The molecule has 1 saturated carbocycles. The van der Waals surface area contributed by atoms with E-state index in [1.54, 1.807) is 18.2 Å². The number of nitrogens with zero attached hydrogens (tertiary/aromatic N) is 2. The van der Waals surface area contributed by atoms with E-state index in [0.717, 1.165) is 61.9 Å². The van der Waals surface area contributed by atoms with Crippen molar-refractivity contribution < 1.29 is 41.0 Å². The molecule has 2 atom stereocenters. The van der Waals surface area contributed by atoms with Crippen LogP contribution >= 0.6 is 0 Å². The van der Waals surface area contributed by atoms with E-state index in [2.05, 4.69) is 14.7 Å². The van der Waals surface area contributed by atoms with E-state index >= 15 is 0 Å². The fourth-order valence-electron chi connectivity index (χ4n) is 6.42. The number of para-hydroxylation sites is 1. The highest BCUT2D eigenvalue weighted by atomic mass is 19.4. The number of hydrogen-bond donors (Lipinski definition) is 1. The smallest absolute Gasteiger partial charge is 0.417 e. The minimum Gasteiger partial charge on any atom is -0.465 e. The topological polar surface area (TPSA) is 76.7 Å². The zero-order chi connectivity index (χ0) is 29.6. The van der Waals surface area contributed by atoms with Crippen LogP contribution in [0.25, 0.3) is 11.1 Å². The molecule has 3 aromatic rings. The van der Waals surface area contributed by atoms with Crippen molar-refractivity contribution >= 4 is 11.8 Å². The number of alkyl halides is 5. The Morgan fingerprint density at radius 3 is 2.45 bits per heavy atom. The van der Waals surface area contributed by atoms with E-state index in [0.29, 0.717) is 24.3 Å². The van der Waals surface area contributed by atoms with Crippen LogP contribution in [-0.4, -0.2) is 47.8 Å². The molecule has 3 aliphatic rings. The Bertz CT molecular complexity index is 1440. The number of ether oxygens (including phenoxy) is 3. The number of aromatic nitrogens is 2. The van der Waals surface area contributed by atoms with Crippen LogP contribution < -0.4 is 9.64 Å². The first-order valence-electron chi connectivity index (χ1n) is 13.9. The number of fused-ring (bicyclic) bond motifs is 2. The van der Waals surface area contributed by atoms with Gasteiger partial charge in [0.2, 0.25) is 0 Å². The van der Waals surface area contributed by atoms with E-state index < -0.39 is 29.9 Å². The van der Waals surface area contributed by atoms with Crippen LogP contribution in [0.4, 0.5) is 27.8 Å². The number of esters is 1. The van der Waals surface area contributed by atoms with Gasteiger partial charge in [0.1, 0.15) is 11.6 Å². The van der Waals surface area contributed by atoms with Gasteiger partial charge < -0.3 is 24.1 Å². The Morgan fingerprint density at radius 2 is 1.81 bits per heavy atom. The first-order valence-corrected chi connectivity index (χ1v) is 13.9. The lowest BCUT2D eigenvalue weighted by Crippen LogP contribution is -2.46. The monoisotopic (exact) mass is 591 g/mol. The Morgan fingerprint density at radius 1 is 1.10 bits per heavy atom. The maximum Gasteiger partial charge on any atom is 0.417 e. The van der Waals surface area contributed by atoms with Crippen molar-refractivity contribution in [3.63, 3.8) is 0 Å². The van der Waals surface area contributed by atoms with Gasteiger partial charge in [0.15, 0.2) is 0 Å². The second-order valence-corrected chi connectivity index (χ2v) is 11.0. The molecule has 7 nitrogen and oxygen atoms in total. The molecule has 2 bridgehead atoms. The van der Waals surface area contributed by atoms with Crippen LogP contribution in [0.5, 0.6) is 5.75 Å². The minimum atomic E-state index is -4.74. The lowest BCUT2D eigenvalue weighted by molar-refractivity contribution is -0.138. The molecule has 1 N–H and O–H groups in total. The molecule has 2 aromatic heterocycles. The molecule has 0 amide bonds. The van der Waals surface area contributed by atoms with Crippen LogP contribution in [0.1, 0.15) is 71.6 Å². The summed E-state index contributed by atoms with van der Waals surface area (Å²) >= 11 is 0. The molecule has 2 saturated heterocycles. The molecular weight excluding hydrogens is 561 g/mol. The van der Waals surface area contributed by atoms with Crippen molar-refractivity contribution in [1.82, 2.24) is 9.97 Å². The number of halogens is 5. The number of benzene rings is 1. The molecule has 2 aliphatic heterocycles. The third-order valence-electron chi connectivity index (χ3n) is 8.42. The Hall–Kier alpha value is -3.67. The van der Waals surface area contributed by atoms with E-state index in [1.807, 2.05) is 11.1 Å². The number of piperidine rings is 1. The van der Waals surface area contributed by atoms with Crippen LogP contribution in [0.2, 0.25) is 0 Å². The second kappa shape index (κ2) is 11.2. The summed E-state index contributed by atoms with van der Waals surface area (Å²) in [4.78, 5) is 21.4. The van der Waals surface area contributed by atoms with Crippen molar-refractivity contribution in [3.8, 4) is 16.9 Å². The Labute approximate surface area is 239 Å². The van der Waals surface area contributed by atoms with Gasteiger partial charge in [0, 0.05) is 46.9 Å². The zero-order valence-corrected chi connectivity index (χ0v) is 22.8. The van der Waals surface area contributed by atoms with Crippen LogP contribution in [0.15, 0.2) is 42.7 Å². The molecule has 12 heteroatoms. The number of rotatable bonds is 9. The highest BCUT2D eigenvalue weighted by molar-refractivity contribution is 5.91. The molecule has 0 radical (unpaired) electrons. The Balaban J connectivity index is 1.20. The van der Waals surface area contributed by atoms with Crippen molar-refractivity contribution in [2.75, 3.05) is 12.0 Å². The average Bonchev–Trinajstić information content (AvgIpc) is 3.66. The molecule has 1 aromatic carbocycles. The van der Waals surface area contributed by atoms with Gasteiger partial charge in [-0.15, -0.1) is 0 Å². The lowest BCUT2D eigenvalue weighted by Gasteiger charge is -2.40. The van der Waals surface area contributed by atoms with Gasteiger partial charge in [-0.3, -0.25) is 0 Å². The quantitative estimate of drug-likeness (QED) is 0.212. The van der Waals surface area contributed by atoms with Crippen molar-refractivity contribution in [1.29, 1.82) is 0 Å². The van der Waals surface area contributed by atoms with Gasteiger partial charge in [-0.1, -0.05) is 18.2 Å². The molecular formula is C30H30F5N3O4. The predicted molar refractivity (Wildman–Crippen MR) is 143 cm³/mol. The number of methoxy groups -OCH3 is 1. The van der Waals surface area contributed by atoms with Crippen LogP contribution in [0, 0.1) is 0 Å². The van der Waals surface area contributed by atoms with Gasteiger partial charge >= 0.3 is 18.8 Å². The largest absolute Gasteiger partial charge is 0.465 e. The average molecular weight is 592 g/mol. The van der Waals surface area contributed by atoms with Gasteiger partial charge in [-0.05, 0) is 56.6 Å². The van der Waals surface area contributed by atoms with E-state index in [-0.39, 0.29) is 36.4 Å². The van der Waals surface area contributed by atoms with Gasteiger partial charge in [-0.25, -0.2) is 9.78 Å². The summed E-state index contributed by atoms with van der Waals surface area (Å²) in [5, 5.41) is 0. The first kappa shape index (κ1) is 28.4. The highest BCUT2D eigenvalue weighted by Gasteiger charge is 2.44. The van der Waals surface area contributed by atoms with Crippen molar-refractivity contribution in [3.05, 3.63) is 65.1 Å². The highest BCUT2D eigenvalue weighted by Crippen LogP contribution is 2.46. The fraction of sp³-hybridized carbons (Fsp3) is 0.467. The van der Waals surface area contributed by atoms with Crippen LogP contribution in [-0.2, 0) is 22.3 Å². The minimum absolute atomic E-state index is 0.0694. The number of hydrogen-bond acceptors (Lipinski definition) is 6. The lowest BCUT2D eigenvalue weighted by atomic mass is 9.98. The second-order valence-electron chi connectivity index (χ2n) is 11.0. The normalized spacial score (nSPS) is 22.1. The van der Waals surface area contributed by atoms with E-state index in [1.165, 1.54) is 6.07 Å². The van der Waals surface area contributed by atoms with Crippen LogP contribution in [0.3, 0.4) is 0 Å². The Kier molecular flexibility index (Phi) is 7.59. The summed E-state index contributed by atoms with van der Waals surface area (Å²) < 4.78 is 83.4. The van der Waals surface area contributed by atoms with Gasteiger partial charge in [0.25, 0.3) is 0 Å². The fourth-order valence-corrected chi connectivity index (χ4v) is 6.42. The zero-order valence-electron chi connectivity index (χ0n) is 22.8. The number of nitrogens with one attached hydrogen (secondary N) is 1. The number of H-pyrrole nitrogens is 1. The summed E-state index contributed by atoms with van der Waals surface area (Å²) in [7, 11) is 1.03. The summed E-state index contributed by atoms with van der Waals surface area (Å²) in [5.41, 5.74) is 1.56. The van der Waals surface area contributed by atoms with Crippen molar-refractivity contribution in [2.24, 2.45) is 0 Å². The summed E-state index contributed by atoms with van der Waals surface area (Å²) in [6.45, 7) is -2.69. The SMILES string of the molecule is COC(=O)c1cnc(N2C3CCC2CC(OCc2c(-c4ccccc4OC(F)F)c[nH]c2C2CC2)C3)cc1C(F)(F)F. The molecule has 42 heavy (non-hydrogen) atoms. The molecule has 6 rings (SSSR count). The van der Waals surface area contributed by atoms with Crippen molar-refractivity contribution in [2.45, 2.75) is 82.0 Å². The van der Waals surface area contributed by atoms with Gasteiger partial charge in [0.05, 0.1) is 30.9 Å². The third-order valence-corrected chi connectivity index (χ3v) is 8.42. The van der Waals surface area contributed by atoms with Gasteiger partial charge in [-0.2, -0.15) is 22.0 Å². The molecule has 224 valence electrons. The summed E-state index contributed by atoms with van der Waals surface area (Å²) in [6.07, 6.45) is 2.71. The standard InChI is InChI=1S/C30H30F5N3O4/c1-40-28(39)22-14-36-26(12-24(22)30(33,34)35)38-17-8-9-18(38)11-19(10-17)41-15-23-21(13-37-27(23)16-6-7-16)20-4-2-3-5-25(20)42-29(31)32/h2-5,12-14,16-19,29,37H,6-11,15H2,1H3.